The first-order valence-electron chi connectivity index (χ1n) is 8.58. The minimum absolute atomic E-state index is 0.464. The van der Waals surface area contributed by atoms with Gasteiger partial charge in [-0.2, -0.15) is 10.2 Å². The lowest BCUT2D eigenvalue weighted by Gasteiger charge is -2.33. The van der Waals surface area contributed by atoms with Crippen LogP contribution in [0.3, 0.4) is 0 Å². The topological polar surface area (TPSA) is 71.8 Å². The Morgan fingerprint density at radius 3 is 2.84 bits per heavy atom. The van der Waals surface area contributed by atoms with Crippen molar-refractivity contribution < 1.29 is 0 Å². The summed E-state index contributed by atoms with van der Waals surface area (Å²) in [6.07, 6.45) is 7.32. The zero-order valence-corrected chi connectivity index (χ0v) is 14.0. The molecule has 0 amide bonds. The molecule has 1 atom stereocenters. The molecular weight excluding hydrogens is 314 g/mol. The van der Waals surface area contributed by atoms with Crippen LogP contribution in [0, 0.1) is 0 Å². The van der Waals surface area contributed by atoms with E-state index in [4.69, 9.17) is 0 Å². The average molecular weight is 335 g/mol. The Hall–Kier alpha value is -2.80. The van der Waals surface area contributed by atoms with Gasteiger partial charge in [0.2, 0.25) is 0 Å². The molecule has 1 aliphatic heterocycles. The summed E-state index contributed by atoms with van der Waals surface area (Å²) in [5.41, 5.74) is 2.29. The number of anilines is 1. The van der Waals surface area contributed by atoms with Crippen molar-refractivity contribution in [1.29, 1.82) is 0 Å². The van der Waals surface area contributed by atoms with E-state index in [1.165, 1.54) is 18.4 Å². The molecule has 0 unspecified atom stereocenters. The van der Waals surface area contributed by atoms with Gasteiger partial charge in [-0.15, -0.1) is 5.10 Å². The lowest BCUT2D eigenvalue weighted by atomic mass is 10.1. The highest BCUT2D eigenvalue weighted by Crippen LogP contribution is 2.17. The molecule has 25 heavy (non-hydrogen) atoms. The van der Waals surface area contributed by atoms with E-state index in [9.17, 15) is 0 Å². The molecule has 3 heterocycles. The second-order valence-electron chi connectivity index (χ2n) is 6.25. The maximum absolute atomic E-state index is 4.22. The highest BCUT2D eigenvalue weighted by Gasteiger charge is 2.20. The van der Waals surface area contributed by atoms with E-state index in [1.54, 1.807) is 23.5 Å². The van der Waals surface area contributed by atoms with Crippen LogP contribution in [0.5, 0.6) is 0 Å². The minimum atomic E-state index is 0.464. The quantitative estimate of drug-likeness (QED) is 0.767. The first-order chi connectivity index (χ1) is 12.4. The number of aromatic nitrogens is 5. The SMILES string of the molecule is c1cnnc(N2CCC[C@@H](NCc3ccc(-n4cncn4)cc3)C2)c1. The van der Waals surface area contributed by atoms with Gasteiger partial charge in [-0.25, -0.2) is 9.67 Å². The van der Waals surface area contributed by atoms with Crippen LogP contribution in [-0.2, 0) is 6.54 Å². The summed E-state index contributed by atoms with van der Waals surface area (Å²) in [6, 6.07) is 12.8. The summed E-state index contributed by atoms with van der Waals surface area (Å²) < 4.78 is 1.76. The van der Waals surface area contributed by atoms with E-state index in [-0.39, 0.29) is 0 Å². The van der Waals surface area contributed by atoms with E-state index in [0.717, 1.165) is 31.1 Å². The molecule has 4 rings (SSSR count). The van der Waals surface area contributed by atoms with Crippen LogP contribution in [0.25, 0.3) is 5.69 Å². The minimum Gasteiger partial charge on any atom is -0.354 e. The number of hydrogen-bond acceptors (Lipinski definition) is 6. The highest BCUT2D eigenvalue weighted by atomic mass is 15.3. The monoisotopic (exact) mass is 335 g/mol. The Labute approximate surface area is 146 Å². The smallest absolute Gasteiger partial charge is 0.151 e. The normalized spacial score (nSPS) is 17.6. The number of rotatable bonds is 5. The van der Waals surface area contributed by atoms with Gasteiger partial charge in [0.25, 0.3) is 0 Å². The summed E-state index contributed by atoms with van der Waals surface area (Å²) in [5, 5.41) is 16.0. The van der Waals surface area contributed by atoms with Crippen molar-refractivity contribution in [2.75, 3.05) is 18.0 Å². The van der Waals surface area contributed by atoms with E-state index in [1.807, 2.05) is 12.1 Å². The summed E-state index contributed by atoms with van der Waals surface area (Å²) in [6.45, 7) is 2.87. The first-order valence-corrected chi connectivity index (χ1v) is 8.58. The molecule has 128 valence electrons. The molecule has 0 bridgehead atoms. The third-order valence-electron chi connectivity index (χ3n) is 4.52. The molecule has 1 aliphatic rings. The van der Waals surface area contributed by atoms with Crippen LogP contribution in [0.4, 0.5) is 5.82 Å². The van der Waals surface area contributed by atoms with Crippen LogP contribution in [0.1, 0.15) is 18.4 Å². The van der Waals surface area contributed by atoms with Crippen LogP contribution < -0.4 is 10.2 Å². The molecule has 0 spiro atoms. The van der Waals surface area contributed by atoms with Gasteiger partial charge in [-0.05, 0) is 42.7 Å². The Bertz CT molecular complexity index is 771. The molecular formula is C18H21N7. The number of nitrogens with zero attached hydrogens (tertiary/aromatic N) is 6. The van der Waals surface area contributed by atoms with E-state index < -0.39 is 0 Å². The van der Waals surface area contributed by atoms with Crippen molar-refractivity contribution in [1.82, 2.24) is 30.3 Å². The second kappa shape index (κ2) is 7.40. The number of hydrogen-bond donors (Lipinski definition) is 1. The molecule has 1 aromatic carbocycles. The van der Waals surface area contributed by atoms with Gasteiger partial charge in [0, 0.05) is 31.9 Å². The Kier molecular flexibility index (Phi) is 4.65. The molecule has 1 saturated heterocycles. The first kappa shape index (κ1) is 15.7. The van der Waals surface area contributed by atoms with Crippen LogP contribution >= 0.6 is 0 Å². The van der Waals surface area contributed by atoms with Gasteiger partial charge < -0.3 is 10.2 Å². The fourth-order valence-electron chi connectivity index (χ4n) is 3.18. The number of nitrogens with one attached hydrogen (secondary N) is 1. The largest absolute Gasteiger partial charge is 0.354 e. The lowest BCUT2D eigenvalue weighted by molar-refractivity contribution is 0.419. The average Bonchev–Trinajstić information content (AvgIpc) is 3.23. The Morgan fingerprint density at radius 1 is 1.16 bits per heavy atom. The van der Waals surface area contributed by atoms with Gasteiger partial charge in [0.15, 0.2) is 5.82 Å². The molecule has 0 radical (unpaired) electrons. The maximum Gasteiger partial charge on any atom is 0.151 e. The standard InChI is InChI=1S/C18H21N7/c1-4-18(23-21-9-1)24-10-2-3-16(12-24)20-11-15-5-7-17(8-6-15)25-14-19-13-22-25/h1,4-9,13-14,16,20H,2-3,10-12H2/t16-/m1/s1. The summed E-state index contributed by atoms with van der Waals surface area (Å²) >= 11 is 0. The predicted octanol–water partition coefficient (Wildman–Crippen LogP) is 1.82. The van der Waals surface area contributed by atoms with E-state index in [0.29, 0.717) is 6.04 Å². The van der Waals surface area contributed by atoms with E-state index in [2.05, 4.69) is 54.8 Å². The van der Waals surface area contributed by atoms with Gasteiger partial charge >= 0.3 is 0 Å². The number of piperidine rings is 1. The summed E-state index contributed by atoms with van der Waals surface area (Å²) in [7, 11) is 0. The zero-order chi connectivity index (χ0) is 16.9. The summed E-state index contributed by atoms with van der Waals surface area (Å²) in [4.78, 5) is 6.28. The van der Waals surface area contributed by atoms with Crippen molar-refractivity contribution >= 4 is 5.82 Å². The Morgan fingerprint density at radius 2 is 2.08 bits per heavy atom. The van der Waals surface area contributed by atoms with Crippen molar-refractivity contribution in [3.63, 3.8) is 0 Å². The van der Waals surface area contributed by atoms with Gasteiger partial charge in [-0.1, -0.05) is 12.1 Å². The van der Waals surface area contributed by atoms with Gasteiger partial charge in [0.1, 0.15) is 12.7 Å². The van der Waals surface area contributed by atoms with Crippen molar-refractivity contribution in [2.45, 2.75) is 25.4 Å². The molecule has 0 saturated carbocycles. The second-order valence-corrected chi connectivity index (χ2v) is 6.25. The molecule has 1 fully saturated rings. The molecule has 7 nitrogen and oxygen atoms in total. The molecule has 3 aromatic rings. The predicted molar refractivity (Wildman–Crippen MR) is 95.5 cm³/mol. The lowest BCUT2D eigenvalue weighted by Crippen LogP contribution is -2.45. The van der Waals surface area contributed by atoms with Crippen LogP contribution in [0.2, 0.25) is 0 Å². The number of benzene rings is 1. The third-order valence-corrected chi connectivity index (χ3v) is 4.52. The summed E-state index contributed by atoms with van der Waals surface area (Å²) in [5.74, 6) is 0.964. The van der Waals surface area contributed by atoms with Crippen molar-refractivity contribution in [3.8, 4) is 5.69 Å². The van der Waals surface area contributed by atoms with Crippen molar-refractivity contribution in [2.24, 2.45) is 0 Å². The highest BCUT2D eigenvalue weighted by molar-refractivity contribution is 5.37. The molecule has 7 heteroatoms. The maximum atomic E-state index is 4.22. The molecule has 2 aromatic heterocycles. The van der Waals surface area contributed by atoms with Gasteiger partial charge in [-0.3, -0.25) is 0 Å². The van der Waals surface area contributed by atoms with Gasteiger partial charge in [0.05, 0.1) is 5.69 Å². The Balaban J connectivity index is 1.33. The fraction of sp³-hybridized carbons (Fsp3) is 0.333. The third kappa shape index (κ3) is 3.83. The fourth-order valence-corrected chi connectivity index (χ4v) is 3.18. The zero-order valence-electron chi connectivity index (χ0n) is 14.0. The van der Waals surface area contributed by atoms with Crippen LogP contribution in [-0.4, -0.2) is 44.1 Å². The molecule has 1 N–H and O–H groups in total. The molecule has 0 aliphatic carbocycles. The van der Waals surface area contributed by atoms with E-state index >= 15 is 0 Å². The van der Waals surface area contributed by atoms with Crippen molar-refractivity contribution in [3.05, 3.63) is 60.8 Å². The van der Waals surface area contributed by atoms with Crippen LogP contribution in [0.15, 0.2) is 55.2 Å².